The van der Waals surface area contributed by atoms with Gasteiger partial charge in [0.25, 0.3) is 0 Å². The molecular formula is C19H24N3O2+. The van der Waals surface area contributed by atoms with Gasteiger partial charge in [0.1, 0.15) is 5.76 Å². The Bertz CT molecular complexity index is 686. The molecule has 126 valence electrons. The van der Waals surface area contributed by atoms with E-state index >= 15 is 0 Å². The van der Waals surface area contributed by atoms with Gasteiger partial charge in [-0.2, -0.15) is 0 Å². The van der Waals surface area contributed by atoms with Gasteiger partial charge < -0.3 is 19.5 Å². The van der Waals surface area contributed by atoms with Crippen molar-refractivity contribution in [2.45, 2.75) is 6.92 Å². The molecule has 0 spiro atoms. The number of hydrogen-bond donors (Lipinski definition) is 2. The average molecular weight is 326 g/mol. The first-order valence-corrected chi connectivity index (χ1v) is 8.46. The van der Waals surface area contributed by atoms with Gasteiger partial charge in [-0.1, -0.05) is 12.1 Å². The minimum absolute atomic E-state index is 0.156. The number of piperazine rings is 1. The van der Waals surface area contributed by atoms with Crippen LogP contribution in [-0.4, -0.2) is 38.6 Å². The van der Waals surface area contributed by atoms with Crippen LogP contribution in [0.1, 0.15) is 12.7 Å². The van der Waals surface area contributed by atoms with Crippen molar-refractivity contribution in [3.8, 4) is 0 Å². The lowest BCUT2D eigenvalue weighted by atomic mass is 10.2. The van der Waals surface area contributed by atoms with E-state index < -0.39 is 0 Å². The summed E-state index contributed by atoms with van der Waals surface area (Å²) in [6, 6.07) is 11.6. The molecule has 3 rings (SSSR count). The van der Waals surface area contributed by atoms with Gasteiger partial charge in [-0.15, -0.1) is 0 Å². The lowest BCUT2D eigenvalue weighted by Crippen LogP contribution is -3.14. The van der Waals surface area contributed by atoms with Gasteiger partial charge in [0.05, 0.1) is 50.4 Å². The standard InChI is InChI=1S/C19H23N3O2/c1-2-21-11-13-22(14-12-21)18-8-4-3-7-17(18)20-19(23)10-9-16-6-5-15-24-16/h3-10,15H,2,11-14H2,1H3,(H,20,23)/p+1/b10-9+. The number of likely N-dealkylation sites (N-methyl/N-ethyl adjacent to an activating group) is 1. The maximum absolute atomic E-state index is 12.2. The zero-order valence-corrected chi connectivity index (χ0v) is 14.0. The molecule has 0 radical (unpaired) electrons. The maximum atomic E-state index is 12.2. The van der Waals surface area contributed by atoms with Crippen LogP contribution in [0.2, 0.25) is 0 Å². The van der Waals surface area contributed by atoms with Gasteiger partial charge >= 0.3 is 0 Å². The highest BCUT2D eigenvalue weighted by atomic mass is 16.3. The minimum Gasteiger partial charge on any atom is -0.465 e. The van der Waals surface area contributed by atoms with Crippen LogP contribution in [-0.2, 0) is 4.79 Å². The summed E-state index contributed by atoms with van der Waals surface area (Å²) in [4.78, 5) is 16.2. The van der Waals surface area contributed by atoms with E-state index in [1.165, 1.54) is 12.6 Å². The van der Waals surface area contributed by atoms with Crippen molar-refractivity contribution in [3.05, 3.63) is 54.5 Å². The Morgan fingerprint density at radius 3 is 2.75 bits per heavy atom. The van der Waals surface area contributed by atoms with Gasteiger partial charge in [-0.25, -0.2) is 0 Å². The minimum atomic E-state index is -0.156. The SMILES string of the molecule is CC[NH+]1CCN(c2ccccc2NC(=O)/C=C/c2ccco2)CC1. The quantitative estimate of drug-likeness (QED) is 0.822. The molecule has 1 amide bonds. The van der Waals surface area contributed by atoms with Crippen LogP contribution < -0.4 is 15.1 Å². The van der Waals surface area contributed by atoms with E-state index in [1.807, 2.05) is 24.3 Å². The lowest BCUT2D eigenvalue weighted by Gasteiger charge is -2.34. The largest absolute Gasteiger partial charge is 0.465 e. The molecule has 1 fully saturated rings. The number of para-hydroxylation sites is 2. The number of quaternary nitrogens is 1. The molecule has 5 nitrogen and oxygen atoms in total. The first-order valence-electron chi connectivity index (χ1n) is 8.46. The lowest BCUT2D eigenvalue weighted by molar-refractivity contribution is -0.898. The Morgan fingerprint density at radius 2 is 2.04 bits per heavy atom. The summed E-state index contributed by atoms with van der Waals surface area (Å²) >= 11 is 0. The fourth-order valence-electron chi connectivity index (χ4n) is 2.99. The van der Waals surface area contributed by atoms with E-state index in [0.717, 1.165) is 37.6 Å². The molecular weight excluding hydrogens is 302 g/mol. The number of amides is 1. The van der Waals surface area contributed by atoms with Crippen LogP contribution in [0, 0.1) is 0 Å². The number of carbonyl (C=O) groups excluding carboxylic acids is 1. The van der Waals surface area contributed by atoms with Crippen molar-refractivity contribution < 1.29 is 14.1 Å². The molecule has 1 aliphatic heterocycles. The van der Waals surface area contributed by atoms with Gasteiger partial charge in [-0.05, 0) is 37.3 Å². The second-order valence-electron chi connectivity index (χ2n) is 5.95. The predicted octanol–water partition coefficient (Wildman–Crippen LogP) is 1.66. The fourth-order valence-corrected chi connectivity index (χ4v) is 2.99. The van der Waals surface area contributed by atoms with Crippen LogP contribution in [0.3, 0.4) is 0 Å². The molecule has 1 aromatic heterocycles. The number of benzene rings is 1. The van der Waals surface area contributed by atoms with E-state index in [-0.39, 0.29) is 5.91 Å². The Hall–Kier alpha value is -2.53. The number of furan rings is 1. The Balaban J connectivity index is 1.67. The van der Waals surface area contributed by atoms with E-state index in [0.29, 0.717) is 5.76 Å². The van der Waals surface area contributed by atoms with Crippen molar-refractivity contribution in [1.29, 1.82) is 0 Å². The zero-order valence-electron chi connectivity index (χ0n) is 14.0. The average Bonchev–Trinajstić information content (AvgIpc) is 3.14. The topological polar surface area (TPSA) is 49.9 Å². The van der Waals surface area contributed by atoms with Gasteiger partial charge in [0.15, 0.2) is 0 Å². The third-order valence-electron chi connectivity index (χ3n) is 4.42. The number of rotatable bonds is 5. The van der Waals surface area contributed by atoms with Crippen molar-refractivity contribution in [1.82, 2.24) is 0 Å². The second-order valence-corrected chi connectivity index (χ2v) is 5.95. The third kappa shape index (κ3) is 4.06. The highest BCUT2D eigenvalue weighted by molar-refractivity contribution is 6.03. The summed E-state index contributed by atoms with van der Waals surface area (Å²) in [5.74, 6) is 0.508. The van der Waals surface area contributed by atoms with Crippen LogP contribution in [0.25, 0.3) is 6.08 Å². The molecule has 0 saturated carbocycles. The number of carbonyl (C=O) groups is 1. The molecule has 0 unspecified atom stereocenters. The molecule has 1 aromatic carbocycles. The number of anilines is 2. The molecule has 0 aliphatic carbocycles. The Labute approximate surface area is 142 Å². The molecule has 2 aromatic rings. The first kappa shape index (κ1) is 16.3. The summed E-state index contributed by atoms with van der Waals surface area (Å²) in [7, 11) is 0. The number of nitrogens with one attached hydrogen (secondary N) is 2. The normalized spacial score (nSPS) is 15.8. The van der Waals surface area contributed by atoms with Crippen molar-refractivity contribution in [3.63, 3.8) is 0 Å². The van der Waals surface area contributed by atoms with Crippen LogP contribution >= 0.6 is 0 Å². The first-order chi connectivity index (χ1) is 11.8. The number of nitrogens with zero attached hydrogens (tertiary/aromatic N) is 1. The zero-order chi connectivity index (χ0) is 16.8. The Kier molecular flexibility index (Phi) is 5.33. The molecule has 0 atom stereocenters. The summed E-state index contributed by atoms with van der Waals surface area (Å²) < 4.78 is 5.20. The molecule has 1 aliphatic rings. The van der Waals surface area contributed by atoms with Crippen LogP contribution in [0.5, 0.6) is 0 Å². The van der Waals surface area contributed by atoms with E-state index in [2.05, 4.69) is 23.2 Å². The summed E-state index contributed by atoms with van der Waals surface area (Å²) in [6.07, 6.45) is 4.75. The van der Waals surface area contributed by atoms with Crippen molar-refractivity contribution >= 4 is 23.4 Å². The number of hydrogen-bond acceptors (Lipinski definition) is 3. The fraction of sp³-hybridized carbons (Fsp3) is 0.316. The second kappa shape index (κ2) is 7.84. The highest BCUT2D eigenvalue weighted by Crippen LogP contribution is 2.25. The van der Waals surface area contributed by atoms with E-state index in [1.54, 1.807) is 23.3 Å². The molecule has 2 N–H and O–H groups in total. The van der Waals surface area contributed by atoms with Crippen molar-refractivity contribution in [2.75, 3.05) is 42.9 Å². The van der Waals surface area contributed by atoms with E-state index in [9.17, 15) is 4.79 Å². The molecule has 2 heterocycles. The van der Waals surface area contributed by atoms with Gasteiger partial charge in [-0.3, -0.25) is 4.79 Å². The smallest absolute Gasteiger partial charge is 0.248 e. The summed E-state index contributed by atoms with van der Waals surface area (Å²) in [6.45, 7) is 7.69. The van der Waals surface area contributed by atoms with Gasteiger partial charge in [0.2, 0.25) is 5.91 Å². The third-order valence-corrected chi connectivity index (χ3v) is 4.42. The predicted molar refractivity (Wildman–Crippen MR) is 96.3 cm³/mol. The highest BCUT2D eigenvalue weighted by Gasteiger charge is 2.20. The monoisotopic (exact) mass is 326 g/mol. The maximum Gasteiger partial charge on any atom is 0.248 e. The molecule has 1 saturated heterocycles. The summed E-state index contributed by atoms with van der Waals surface area (Å²) in [5, 5.41) is 2.98. The molecule has 0 bridgehead atoms. The summed E-state index contributed by atoms with van der Waals surface area (Å²) in [5.41, 5.74) is 1.94. The van der Waals surface area contributed by atoms with Crippen molar-refractivity contribution in [2.24, 2.45) is 0 Å². The van der Waals surface area contributed by atoms with Crippen LogP contribution in [0.4, 0.5) is 11.4 Å². The Morgan fingerprint density at radius 1 is 1.25 bits per heavy atom. The van der Waals surface area contributed by atoms with Gasteiger partial charge in [0, 0.05) is 6.08 Å². The van der Waals surface area contributed by atoms with E-state index in [4.69, 9.17) is 4.42 Å². The molecule has 5 heteroatoms. The molecule has 24 heavy (non-hydrogen) atoms. The van der Waals surface area contributed by atoms with Crippen LogP contribution in [0.15, 0.2) is 53.2 Å².